The highest BCUT2D eigenvalue weighted by Gasteiger charge is 2.34. The summed E-state index contributed by atoms with van der Waals surface area (Å²) in [6, 6.07) is 1.93. The summed E-state index contributed by atoms with van der Waals surface area (Å²) in [4.78, 5) is 16.6. The highest BCUT2D eigenvalue weighted by molar-refractivity contribution is 5.88. The van der Waals surface area contributed by atoms with Gasteiger partial charge < -0.3 is 4.52 Å². The van der Waals surface area contributed by atoms with E-state index in [4.69, 9.17) is 4.52 Å². The fraction of sp³-hybridized carbons (Fsp3) is 0.682. The Bertz CT molecular complexity index is 659. The number of hydrogen-bond donors (Lipinski definition) is 0. The molecule has 0 aromatic carbocycles. The van der Waals surface area contributed by atoms with Crippen LogP contribution in [0.5, 0.6) is 0 Å². The average Bonchev–Trinajstić information content (AvgIpc) is 3.35. The van der Waals surface area contributed by atoms with Crippen LogP contribution < -0.4 is 0 Å². The van der Waals surface area contributed by atoms with E-state index in [2.05, 4.69) is 17.1 Å². The third-order valence-corrected chi connectivity index (χ3v) is 5.25. The average molecular weight is 374 g/mol. The van der Waals surface area contributed by atoms with E-state index >= 15 is 0 Å². The van der Waals surface area contributed by atoms with Gasteiger partial charge in [-0.15, -0.1) is 0 Å². The summed E-state index contributed by atoms with van der Waals surface area (Å²) in [6.45, 7) is 6.00. The molecule has 0 atom stereocenters. The number of rotatable bonds is 13. The molecule has 0 saturated carbocycles. The van der Waals surface area contributed by atoms with Crippen molar-refractivity contribution in [3.63, 3.8) is 0 Å². The van der Waals surface area contributed by atoms with Crippen LogP contribution in [0, 0.1) is 0 Å². The predicted octanol–water partition coefficient (Wildman–Crippen LogP) is 5.95. The molecule has 5 nitrogen and oxygen atoms in total. The summed E-state index contributed by atoms with van der Waals surface area (Å²) in [7, 11) is 0. The summed E-state index contributed by atoms with van der Waals surface area (Å²) < 4.78 is 6.97. The van der Waals surface area contributed by atoms with Crippen molar-refractivity contribution in [2.24, 2.45) is 0 Å². The Morgan fingerprint density at radius 3 is 2.26 bits per heavy atom. The van der Waals surface area contributed by atoms with E-state index < -0.39 is 5.41 Å². The zero-order valence-corrected chi connectivity index (χ0v) is 17.2. The van der Waals surface area contributed by atoms with Gasteiger partial charge in [-0.1, -0.05) is 69.9 Å². The van der Waals surface area contributed by atoms with Crippen LogP contribution in [0.1, 0.15) is 101 Å². The largest absolute Gasteiger partial charge is 0.361 e. The molecule has 150 valence electrons. The fourth-order valence-corrected chi connectivity index (χ4v) is 3.32. The normalized spacial score (nSPS) is 11.8. The lowest BCUT2D eigenvalue weighted by Gasteiger charge is -2.19. The van der Waals surface area contributed by atoms with Crippen LogP contribution >= 0.6 is 0 Å². The molecule has 0 N–H and O–H groups in total. The minimum absolute atomic E-state index is 0.0567. The molecule has 0 spiro atoms. The summed E-state index contributed by atoms with van der Waals surface area (Å²) in [5, 5.41) is 4.15. The van der Waals surface area contributed by atoms with Gasteiger partial charge >= 0.3 is 0 Å². The molecule has 0 bridgehead atoms. The SMILES string of the molecule is CCCCCCCCCCCCc1cc(C(C)(C)C(=O)n2ccnc2)no1. The van der Waals surface area contributed by atoms with E-state index in [1.165, 1.54) is 68.7 Å². The highest BCUT2D eigenvalue weighted by Crippen LogP contribution is 2.25. The van der Waals surface area contributed by atoms with Gasteiger partial charge in [0.05, 0.1) is 11.1 Å². The Balaban J connectivity index is 1.66. The molecule has 2 aromatic heterocycles. The first-order valence-electron chi connectivity index (χ1n) is 10.5. The van der Waals surface area contributed by atoms with Crippen molar-refractivity contribution < 1.29 is 9.32 Å². The van der Waals surface area contributed by atoms with Crippen molar-refractivity contribution in [2.75, 3.05) is 0 Å². The Labute approximate surface area is 163 Å². The van der Waals surface area contributed by atoms with Gasteiger partial charge in [-0.05, 0) is 20.3 Å². The second kappa shape index (κ2) is 11.1. The maximum absolute atomic E-state index is 12.6. The smallest absolute Gasteiger partial charge is 0.243 e. The number of nitrogens with zero attached hydrogens (tertiary/aromatic N) is 3. The molecule has 2 rings (SSSR count). The summed E-state index contributed by atoms with van der Waals surface area (Å²) >= 11 is 0. The third-order valence-electron chi connectivity index (χ3n) is 5.25. The Kier molecular flexibility index (Phi) is 8.76. The van der Waals surface area contributed by atoms with Crippen LogP contribution in [0.15, 0.2) is 29.3 Å². The van der Waals surface area contributed by atoms with E-state index in [1.54, 1.807) is 12.4 Å². The van der Waals surface area contributed by atoms with Crippen LogP contribution in [0.4, 0.5) is 0 Å². The highest BCUT2D eigenvalue weighted by atomic mass is 16.5. The van der Waals surface area contributed by atoms with E-state index in [1.807, 2.05) is 19.9 Å². The molecule has 2 aromatic rings. The summed E-state index contributed by atoms with van der Waals surface area (Å²) in [5.41, 5.74) is -0.0523. The molecule has 0 fully saturated rings. The molecule has 0 amide bonds. The maximum Gasteiger partial charge on any atom is 0.243 e. The van der Waals surface area contributed by atoms with Crippen LogP contribution in [-0.4, -0.2) is 20.6 Å². The number of aryl methyl sites for hydroxylation is 1. The minimum Gasteiger partial charge on any atom is -0.361 e. The number of carbonyl (C=O) groups excluding carboxylic acids is 1. The van der Waals surface area contributed by atoms with E-state index in [0.29, 0.717) is 5.69 Å². The Morgan fingerprint density at radius 1 is 1.04 bits per heavy atom. The van der Waals surface area contributed by atoms with Crippen molar-refractivity contribution in [2.45, 2.75) is 96.8 Å². The molecule has 0 unspecified atom stereocenters. The standard InChI is InChI=1S/C22H35N3O2/c1-4-5-6-7-8-9-10-11-12-13-14-19-17-20(24-27-19)22(2,3)21(26)25-16-15-23-18-25/h15-18H,4-14H2,1-3H3. The van der Waals surface area contributed by atoms with Crippen molar-refractivity contribution >= 4 is 5.91 Å². The van der Waals surface area contributed by atoms with Crippen molar-refractivity contribution in [3.8, 4) is 0 Å². The molecule has 0 radical (unpaired) electrons. The van der Waals surface area contributed by atoms with Gasteiger partial charge in [0.25, 0.3) is 0 Å². The van der Waals surface area contributed by atoms with Gasteiger partial charge in [0.15, 0.2) is 0 Å². The first-order valence-corrected chi connectivity index (χ1v) is 10.5. The van der Waals surface area contributed by atoms with E-state index in [9.17, 15) is 4.79 Å². The zero-order chi connectivity index (χ0) is 19.5. The fourth-order valence-electron chi connectivity index (χ4n) is 3.32. The molecule has 0 saturated heterocycles. The molecule has 0 aliphatic rings. The van der Waals surface area contributed by atoms with Gasteiger partial charge in [-0.25, -0.2) is 4.98 Å². The molecule has 5 heteroatoms. The topological polar surface area (TPSA) is 60.9 Å². The number of aromatic nitrogens is 3. The van der Waals surface area contributed by atoms with Crippen molar-refractivity contribution in [1.82, 2.24) is 14.7 Å². The van der Waals surface area contributed by atoms with Gasteiger partial charge in [-0.3, -0.25) is 9.36 Å². The Morgan fingerprint density at radius 2 is 1.67 bits per heavy atom. The quantitative estimate of drug-likeness (QED) is 0.407. The first kappa shape index (κ1) is 21.4. The van der Waals surface area contributed by atoms with Gasteiger partial charge in [0.2, 0.25) is 5.91 Å². The third kappa shape index (κ3) is 6.64. The second-order valence-corrected chi connectivity index (χ2v) is 8.01. The summed E-state index contributed by atoms with van der Waals surface area (Å²) in [6.07, 6.45) is 18.9. The Hall–Kier alpha value is -1.91. The van der Waals surface area contributed by atoms with E-state index in [0.717, 1.165) is 18.6 Å². The number of carbonyl (C=O) groups is 1. The first-order chi connectivity index (χ1) is 13.1. The lowest BCUT2D eigenvalue weighted by molar-refractivity contribution is 0.0815. The lowest BCUT2D eigenvalue weighted by Crippen LogP contribution is -2.33. The number of unbranched alkanes of at least 4 members (excludes halogenated alkanes) is 9. The van der Waals surface area contributed by atoms with Crippen molar-refractivity contribution in [1.29, 1.82) is 0 Å². The van der Waals surface area contributed by atoms with Gasteiger partial charge in [-0.2, -0.15) is 0 Å². The zero-order valence-electron chi connectivity index (χ0n) is 17.2. The van der Waals surface area contributed by atoms with Crippen LogP contribution in [0.3, 0.4) is 0 Å². The molecule has 2 heterocycles. The molecular weight excluding hydrogens is 338 g/mol. The molecule has 27 heavy (non-hydrogen) atoms. The van der Waals surface area contributed by atoms with Crippen LogP contribution in [0.25, 0.3) is 0 Å². The summed E-state index contributed by atoms with van der Waals surface area (Å²) in [5.74, 6) is 0.815. The van der Waals surface area contributed by atoms with Crippen LogP contribution in [-0.2, 0) is 11.8 Å². The number of hydrogen-bond acceptors (Lipinski definition) is 4. The van der Waals surface area contributed by atoms with Crippen molar-refractivity contribution in [3.05, 3.63) is 36.2 Å². The second-order valence-electron chi connectivity index (χ2n) is 8.01. The molecule has 0 aliphatic heterocycles. The lowest BCUT2D eigenvalue weighted by atomic mass is 9.88. The monoisotopic (exact) mass is 373 g/mol. The maximum atomic E-state index is 12.6. The van der Waals surface area contributed by atoms with Crippen LogP contribution in [0.2, 0.25) is 0 Å². The number of imidazole rings is 1. The molecule has 0 aliphatic carbocycles. The van der Waals surface area contributed by atoms with E-state index in [-0.39, 0.29) is 5.91 Å². The van der Waals surface area contributed by atoms with Gasteiger partial charge in [0.1, 0.15) is 12.1 Å². The predicted molar refractivity (Wildman–Crippen MR) is 108 cm³/mol. The van der Waals surface area contributed by atoms with Gasteiger partial charge in [0, 0.05) is 24.9 Å². The minimum atomic E-state index is -0.736. The molecular formula is C22H35N3O2.